The molecule has 0 radical (unpaired) electrons. The smallest absolute Gasteiger partial charge is 0.319 e. The molecule has 2 aromatic rings. The van der Waals surface area contributed by atoms with Crippen molar-refractivity contribution in [2.24, 2.45) is 5.92 Å². The molecule has 1 aliphatic carbocycles. The largest absolute Gasteiger partial charge is 0.331 e. The van der Waals surface area contributed by atoms with Gasteiger partial charge in [-0.3, -0.25) is 0 Å². The average molecular weight is 408 g/mol. The second kappa shape index (κ2) is 8.29. The van der Waals surface area contributed by atoms with Crippen LogP contribution in [-0.2, 0) is 10.0 Å². The summed E-state index contributed by atoms with van der Waals surface area (Å²) in [5.74, 6) is 0.465. The number of carbonyl (C=O) groups excluding carboxylic acids is 1. The first-order valence-corrected chi connectivity index (χ1v) is 10.6. The highest BCUT2D eigenvalue weighted by Gasteiger charge is 2.24. The van der Waals surface area contributed by atoms with Gasteiger partial charge in [0, 0.05) is 17.3 Å². The van der Waals surface area contributed by atoms with Crippen LogP contribution in [0.2, 0.25) is 5.02 Å². The van der Waals surface area contributed by atoms with E-state index in [9.17, 15) is 13.2 Å². The maximum Gasteiger partial charge on any atom is 0.319 e. The number of nitrogens with one attached hydrogen (secondary N) is 3. The van der Waals surface area contributed by atoms with E-state index in [0.717, 1.165) is 18.4 Å². The number of rotatable bonds is 7. The molecule has 3 N–H and O–H groups in total. The van der Waals surface area contributed by atoms with Gasteiger partial charge in [0.15, 0.2) is 0 Å². The van der Waals surface area contributed by atoms with Gasteiger partial charge in [0.2, 0.25) is 10.0 Å². The first-order chi connectivity index (χ1) is 12.8. The Morgan fingerprint density at radius 2 is 1.74 bits per heavy atom. The first kappa shape index (κ1) is 19.7. The molecule has 6 nitrogen and oxygen atoms in total. The van der Waals surface area contributed by atoms with Crippen molar-refractivity contribution in [3.8, 4) is 0 Å². The van der Waals surface area contributed by atoms with Gasteiger partial charge in [0.1, 0.15) is 0 Å². The Kier molecular flexibility index (Phi) is 6.04. The normalized spacial score (nSPS) is 15.2. The highest BCUT2D eigenvalue weighted by Crippen LogP contribution is 2.28. The molecule has 0 heterocycles. The molecule has 1 saturated carbocycles. The van der Waals surface area contributed by atoms with E-state index in [1.165, 1.54) is 12.1 Å². The van der Waals surface area contributed by atoms with Gasteiger partial charge in [-0.15, -0.1) is 0 Å². The van der Waals surface area contributed by atoms with Crippen LogP contribution >= 0.6 is 11.6 Å². The van der Waals surface area contributed by atoms with Crippen LogP contribution in [-0.4, -0.2) is 21.0 Å². The molecule has 0 aliphatic heterocycles. The molecule has 0 unspecified atom stereocenters. The van der Waals surface area contributed by atoms with Gasteiger partial charge < -0.3 is 10.6 Å². The minimum atomic E-state index is -3.51. The van der Waals surface area contributed by atoms with Crippen LogP contribution < -0.4 is 15.4 Å². The quantitative estimate of drug-likeness (QED) is 0.650. The lowest BCUT2D eigenvalue weighted by molar-refractivity contribution is 0.249. The van der Waals surface area contributed by atoms with Crippen molar-refractivity contribution in [3.63, 3.8) is 0 Å². The van der Waals surface area contributed by atoms with Gasteiger partial charge in [-0.25, -0.2) is 17.9 Å². The Labute approximate surface area is 164 Å². The van der Waals surface area contributed by atoms with Gasteiger partial charge in [-0.2, -0.15) is 0 Å². The average Bonchev–Trinajstić information content (AvgIpc) is 3.45. The highest BCUT2D eigenvalue weighted by molar-refractivity contribution is 7.89. The summed E-state index contributed by atoms with van der Waals surface area (Å²) in [4.78, 5) is 12.3. The predicted octanol–water partition coefficient (Wildman–Crippen LogP) is 3.91. The van der Waals surface area contributed by atoms with Crippen LogP contribution in [0, 0.1) is 5.92 Å². The van der Waals surface area contributed by atoms with E-state index >= 15 is 0 Å². The summed E-state index contributed by atoms with van der Waals surface area (Å²) in [6.07, 6.45) is 2.16. The van der Waals surface area contributed by atoms with E-state index in [4.69, 9.17) is 11.6 Å². The molecule has 3 rings (SSSR count). The number of benzene rings is 2. The minimum Gasteiger partial charge on any atom is -0.331 e. The number of hydrogen-bond acceptors (Lipinski definition) is 3. The van der Waals surface area contributed by atoms with Crippen LogP contribution in [0.15, 0.2) is 53.4 Å². The van der Waals surface area contributed by atoms with E-state index in [1.807, 2.05) is 19.1 Å². The molecular formula is C19H22ClN3O3S. The van der Waals surface area contributed by atoms with E-state index in [0.29, 0.717) is 23.2 Å². The number of anilines is 1. The number of hydrogen-bond donors (Lipinski definition) is 3. The third kappa shape index (κ3) is 5.69. The topological polar surface area (TPSA) is 87.3 Å². The van der Waals surface area contributed by atoms with Crippen molar-refractivity contribution in [2.75, 3.05) is 11.9 Å². The summed E-state index contributed by atoms with van der Waals surface area (Å²) in [5.41, 5.74) is 1.44. The maximum atomic E-state index is 12.2. The maximum absolute atomic E-state index is 12.2. The third-order valence-electron chi connectivity index (χ3n) is 4.40. The monoisotopic (exact) mass is 407 g/mol. The van der Waals surface area contributed by atoms with Crippen LogP contribution in [0.4, 0.5) is 10.5 Å². The number of halogens is 1. The highest BCUT2D eigenvalue weighted by atomic mass is 35.5. The van der Waals surface area contributed by atoms with Crippen LogP contribution in [0.1, 0.15) is 31.4 Å². The third-order valence-corrected chi connectivity index (χ3v) is 6.09. The summed E-state index contributed by atoms with van der Waals surface area (Å²) in [6, 6.07) is 12.8. The van der Waals surface area contributed by atoms with Crippen LogP contribution in [0.25, 0.3) is 0 Å². The second-order valence-corrected chi connectivity index (χ2v) is 8.89. The van der Waals surface area contributed by atoms with Gasteiger partial charge >= 0.3 is 6.03 Å². The van der Waals surface area contributed by atoms with Crippen molar-refractivity contribution in [2.45, 2.75) is 30.7 Å². The lowest BCUT2D eigenvalue weighted by Gasteiger charge is -2.15. The zero-order chi connectivity index (χ0) is 19.4. The lowest BCUT2D eigenvalue weighted by Crippen LogP contribution is -2.31. The zero-order valence-corrected chi connectivity index (χ0v) is 16.5. The minimum absolute atomic E-state index is 0.184. The number of amides is 2. The summed E-state index contributed by atoms with van der Waals surface area (Å²) in [6.45, 7) is 2.34. The predicted molar refractivity (Wildman–Crippen MR) is 106 cm³/mol. The molecule has 0 aromatic heterocycles. The van der Waals surface area contributed by atoms with Crippen molar-refractivity contribution in [1.29, 1.82) is 0 Å². The summed E-state index contributed by atoms with van der Waals surface area (Å²) < 4.78 is 27.0. The standard InChI is InChI=1S/C19H22ClN3O3S/c1-13(15-4-6-16(20)7-5-15)22-19(24)23-17-8-10-18(11-9-17)27(25,26)21-12-14-2-3-14/h4-11,13-14,21H,2-3,12H2,1H3,(H2,22,23,24)/t13-/m1/s1. The van der Waals surface area contributed by atoms with Crippen LogP contribution in [0.5, 0.6) is 0 Å². The van der Waals surface area contributed by atoms with Gasteiger partial charge in [-0.05, 0) is 67.6 Å². The van der Waals surface area contributed by atoms with E-state index in [2.05, 4.69) is 15.4 Å². The number of carbonyl (C=O) groups is 1. The molecule has 2 aromatic carbocycles. The molecule has 1 aliphatic rings. The molecule has 27 heavy (non-hydrogen) atoms. The van der Waals surface area contributed by atoms with Gasteiger partial charge in [0.25, 0.3) is 0 Å². The van der Waals surface area contributed by atoms with Gasteiger partial charge in [-0.1, -0.05) is 23.7 Å². The number of urea groups is 1. The Morgan fingerprint density at radius 1 is 1.11 bits per heavy atom. The lowest BCUT2D eigenvalue weighted by atomic mass is 10.1. The molecule has 1 atom stereocenters. The van der Waals surface area contributed by atoms with Crippen LogP contribution in [0.3, 0.4) is 0 Å². The van der Waals surface area contributed by atoms with E-state index in [-0.39, 0.29) is 17.0 Å². The summed E-state index contributed by atoms with van der Waals surface area (Å²) >= 11 is 5.87. The number of sulfonamides is 1. The van der Waals surface area contributed by atoms with E-state index in [1.54, 1.807) is 24.3 Å². The first-order valence-electron chi connectivity index (χ1n) is 8.76. The molecule has 144 valence electrons. The fourth-order valence-electron chi connectivity index (χ4n) is 2.55. The Balaban J connectivity index is 1.55. The summed E-state index contributed by atoms with van der Waals surface area (Å²) in [5, 5.41) is 6.16. The Bertz CT molecular complexity index is 895. The Hall–Kier alpha value is -2.09. The molecule has 0 saturated heterocycles. The molecular weight excluding hydrogens is 386 g/mol. The Morgan fingerprint density at radius 3 is 2.33 bits per heavy atom. The fraction of sp³-hybridized carbons (Fsp3) is 0.316. The zero-order valence-electron chi connectivity index (χ0n) is 14.9. The molecule has 8 heteroatoms. The fourth-order valence-corrected chi connectivity index (χ4v) is 3.79. The van der Waals surface area contributed by atoms with Crippen molar-refractivity contribution >= 4 is 33.3 Å². The molecule has 1 fully saturated rings. The SMILES string of the molecule is C[C@@H](NC(=O)Nc1ccc(S(=O)(=O)NCC2CC2)cc1)c1ccc(Cl)cc1. The van der Waals surface area contributed by atoms with Crippen molar-refractivity contribution in [1.82, 2.24) is 10.0 Å². The van der Waals surface area contributed by atoms with Crippen molar-refractivity contribution < 1.29 is 13.2 Å². The van der Waals surface area contributed by atoms with Crippen molar-refractivity contribution in [3.05, 3.63) is 59.1 Å². The summed E-state index contributed by atoms with van der Waals surface area (Å²) in [7, 11) is -3.51. The molecule has 0 spiro atoms. The molecule has 2 amide bonds. The van der Waals surface area contributed by atoms with E-state index < -0.39 is 10.0 Å². The molecule has 0 bridgehead atoms. The van der Waals surface area contributed by atoms with Gasteiger partial charge in [0.05, 0.1) is 10.9 Å². The second-order valence-electron chi connectivity index (χ2n) is 6.69.